The Morgan fingerprint density at radius 1 is 1.35 bits per heavy atom. The Balaban J connectivity index is 0.00000147. The van der Waals surface area contributed by atoms with E-state index in [-0.39, 0.29) is 29.8 Å². The number of hydrogen-bond acceptors (Lipinski definition) is 3. The standard InChI is InChI=1S/C15H20N2OS.ClH/c16-10-15(7-3-4-8-15)17-14(18)12-9-19-13-6-2-1-5-11(12)13;/h1-2,5-6,12H,3-4,7-10,16H2,(H,17,18);1H. The summed E-state index contributed by atoms with van der Waals surface area (Å²) in [6, 6.07) is 8.22. The number of thioether (sulfide) groups is 1. The molecule has 1 aromatic rings. The fourth-order valence-corrected chi connectivity index (χ4v) is 4.39. The molecule has 1 atom stereocenters. The van der Waals surface area contributed by atoms with Crippen LogP contribution in [0.4, 0.5) is 0 Å². The lowest BCUT2D eigenvalue weighted by Crippen LogP contribution is -2.53. The molecular weight excluding hydrogens is 292 g/mol. The molecule has 1 aliphatic heterocycles. The van der Waals surface area contributed by atoms with Crippen LogP contribution in [0.2, 0.25) is 0 Å². The number of halogens is 1. The molecule has 0 aromatic heterocycles. The van der Waals surface area contributed by atoms with Gasteiger partial charge in [-0.25, -0.2) is 0 Å². The van der Waals surface area contributed by atoms with Crippen molar-refractivity contribution in [3.8, 4) is 0 Å². The zero-order valence-corrected chi connectivity index (χ0v) is 13.1. The van der Waals surface area contributed by atoms with Crippen molar-refractivity contribution >= 4 is 30.1 Å². The molecule has 1 fully saturated rings. The first-order chi connectivity index (χ1) is 9.24. The van der Waals surface area contributed by atoms with E-state index in [4.69, 9.17) is 5.73 Å². The van der Waals surface area contributed by atoms with Crippen LogP contribution >= 0.6 is 24.2 Å². The van der Waals surface area contributed by atoms with Crippen molar-refractivity contribution in [2.45, 2.75) is 42.0 Å². The molecule has 3 rings (SSSR count). The molecule has 0 radical (unpaired) electrons. The Kier molecular flexibility index (Phi) is 4.99. The zero-order chi connectivity index (χ0) is 13.3. The molecule has 0 spiro atoms. The first-order valence-electron chi connectivity index (χ1n) is 6.98. The highest BCUT2D eigenvalue weighted by molar-refractivity contribution is 7.99. The second kappa shape index (κ2) is 6.37. The Hall–Kier alpha value is -0.710. The first kappa shape index (κ1) is 15.7. The number of carbonyl (C=O) groups is 1. The third-order valence-corrected chi connectivity index (χ3v) is 5.54. The monoisotopic (exact) mass is 312 g/mol. The topological polar surface area (TPSA) is 55.1 Å². The SMILES string of the molecule is Cl.NCC1(NC(=O)C2CSc3ccccc32)CCCC1. The predicted octanol–water partition coefficient (Wildman–Crippen LogP) is 2.69. The Morgan fingerprint density at radius 3 is 2.75 bits per heavy atom. The number of amides is 1. The van der Waals surface area contributed by atoms with Crippen molar-refractivity contribution in [2.75, 3.05) is 12.3 Å². The molecule has 0 bridgehead atoms. The second-order valence-corrected chi connectivity index (χ2v) is 6.64. The molecule has 1 unspecified atom stereocenters. The number of hydrogen-bond donors (Lipinski definition) is 2. The summed E-state index contributed by atoms with van der Waals surface area (Å²) < 4.78 is 0. The normalized spacial score (nSPS) is 22.9. The first-order valence-corrected chi connectivity index (χ1v) is 7.96. The largest absolute Gasteiger partial charge is 0.349 e. The van der Waals surface area contributed by atoms with Crippen molar-refractivity contribution in [3.05, 3.63) is 29.8 Å². The molecule has 1 saturated carbocycles. The Bertz CT molecular complexity index is 489. The molecule has 1 aromatic carbocycles. The summed E-state index contributed by atoms with van der Waals surface area (Å²) in [6.07, 6.45) is 4.40. The van der Waals surface area contributed by atoms with Gasteiger partial charge in [0.25, 0.3) is 0 Å². The van der Waals surface area contributed by atoms with Gasteiger partial charge in [-0.3, -0.25) is 4.79 Å². The van der Waals surface area contributed by atoms with Gasteiger partial charge in [0.2, 0.25) is 5.91 Å². The molecular formula is C15H21ClN2OS. The Labute approximate surface area is 130 Å². The van der Waals surface area contributed by atoms with Gasteiger partial charge in [-0.05, 0) is 24.5 Å². The molecule has 2 aliphatic rings. The van der Waals surface area contributed by atoms with Crippen LogP contribution in [0.3, 0.4) is 0 Å². The van der Waals surface area contributed by atoms with Crippen LogP contribution in [0.5, 0.6) is 0 Å². The van der Waals surface area contributed by atoms with Crippen LogP contribution in [0.25, 0.3) is 0 Å². The van der Waals surface area contributed by atoms with Gasteiger partial charge in [0.05, 0.1) is 11.5 Å². The Morgan fingerprint density at radius 2 is 2.05 bits per heavy atom. The van der Waals surface area contributed by atoms with Crippen LogP contribution < -0.4 is 11.1 Å². The van der Waals surface area contributed by atoms with Gasteiger partial charge >= 0.3 is 0 Å². The second-order valence-electron chi connectivity index (χ2n) is 5.58. The van der Waals surface area contributed by atoms with Crippen molar-refractivity contribution in [1.82, 2.24) is 5.32 Å². The average Bonchev–Trinajstić information content (AvgIpc) is 3.05. The molecule has 110 valence electrons. The molecule has 5 heteroatoms. The van der Waals surface area contributed by atoms with E-state index in [9.17, 15) is 4.79 Å². The third kappa shape index (κ3) is 2.83. The van der Waals surface area contributed by atoms with E-state index >= 15 is 0 Å². The summed E-state index contributed by atoms with van der Waals surface area (Å²) in [6.45, 7) is 0.556. The molecule has 0 saturated heterocycles. The van der Waals surface area contributed by atoms with E-state index < -0.39 is 0 Å². The lowest BCUT2D eigenvalue weighted by Gasteiger charge is -2.30. The van der Waals surface area contributed by atoms with Crippen molar-refractivity contribution in [1.29, 1.82) is 0 Å². The van der Waals surface area contributed by atoms with E-state index in [2.05, 4.69) is 17.4 Å². The smallest absolute Gasteiger partial charge is 0.228 e. The van der Waals surface area contributed by atoms with Gasteiger partial charge in [-0.1, -0.05) is 31.0 Å². The lowest BCUT2D eigenvalue weighted by molar-refractivity contribution is -0.123. The van der Waals surface area contributed by atoms with E-state index in [0.717, 1.165) is 18.6 Å². The minimum absolute atomic E-state index is 0. The lowest BCUT2D eigenvalue weighted by atomic mass is 9.94. The van der Waals surface area contributed by atoms with E-state index in [1.165, 1.54) is 23.3 Å². The van der Waals surface area contributed by atoms with Gasteiger partial charge in [0.15, 0.2) is 0 Å². The maximum atomic E-state index is 12.5. The molecule has 1 amide bonds. The third-order valence-electron chi connectivity index (χ3n) is 4.36. The number of nitrogens with one attached hydrogen (secondary N) is 1. The summed E-state index contributed by atoms with van der Waals surface area (Å²) >= 11 is 1.78. The fourth-order valence-electron chi connectivity index (χ4n) is 3.16. The van der Waals surface area contributed by atoms with Gasteiger partial charge in [-0.15, -0.1) is 24.2 Å². The van der Waals surface area contributed by atoms with Gasteiger partial charge in [0.1, 0.15) is 0 Å². The summed E-state index contributed by atoms with van der Waals surface area (Å²) in [7, 11) is 0. The predicted molar refractivity (Wildman–Crippen MR) is 85.6 cm³/mol. The molecule has 1 heterocycles. The van der Waals surface area contributed by atoms with Crippen LogP contribution in [-0.4, -0.2) is 23.7 Å². The molecule has 3 nitrogen and oxygen atoms in total. The zero-order valence-electron chi connectivity index (χ0n) is 11.4. The van der Waals surface area contributed by atoms with Crippen LogP contribution in [0.15, 0.2) is 29.2 Å². The van der Waals surface area contributed by atoms with E-state index in [1.807, 2.05) is 12.1 Å². The highest BCUT2D eigenvalue weighted by Gasteiger charge is 2.37. The van der Waals surface area contributed by atoms with Crippen LogP contribution in [0.1, 0.15) is 37.2 Å². The number of nitrogens with two attached hydrogens (primary N) is 1. The number of rotatable bonds is 3. The maximum Gasteiger partial charge on any atom is 0.228 e. The van der Waals surface area contributed by atoms with E-state index in [1.54, 1.807) is 11.8 Å². The summed E-state index contributed by atoms with van der Waals surface area (Å²) in [5.41, 5.74) is 6.93. The van der Waals surface area contributed by atoms with Crippen molar-refractivity contribution < 1.29 is 4.79 Å². The summed E-state index contributed by atoms with van der Waals surface area (Å²) in [4.78, 5) is 13.8. The quantitative estimate of drug-likeness (QED) is 0.902. The molecule has 20 heavy (non-hydrogen) atoms. The highest BCUT2D eigenvalue weighted by atomic mass is 35.5. The number of carbonyl (C=O) groups excluding carboxylic acids is 1. The fraction of sp³-hybridized carbons (Fsp3) is 0.533. The van der Waals surface area contributed by atoms with Gasteiger partial charge in [-0.2, -0.15) is 0 Å². The number of fused-ring (bicyclic) bond motifs is 1. The van der Waals surface area contributed by atoms with Crippen molar-refractivity contribution in [2.24, 2.45) is 5.73 Å². The number of benzene rings is 1. The molecule has 3 N–H and O–H groups in total. The van der Waals surface area contributed by atoms with Crippen LogP contribution in [-0.2, 0) is 4.79 Å². The minimum Gasteiger partial charge on any atom is -0.349 e. The van der Waals surface area contributed by atoms with Gasteiger partial charge in [0, 0.05) is 17.2 Å². The van der Waals surface area contributed by atoms with Crippen molar-refractivity contribution in [3.63, 3.8) is 0 Å². The average molecular weight is 313 g/mol. The van der Waals surface area contributed by atoms with Gasteiger partial charge < -0.3 is 11.1 Å². The van der Waals surface area contributed by atoms with Crippen LogP contribution in [0, 0.1) is 0 Å². The summed E-state index contributed by atoms with van der Waals surface area (Å²) in [5.74, 6) is 1.00. The maximum absolute atomic E-state index is 12.5. The van der Waals surface area contributed by atoms with E-state index in [0.29, 0.717) is 6.54 Å². The highest BCUT2D eigenvalue weighted by Crippen LogP contribution is 2.40. The minimum atomic E-state index is -0.140. The molecule has 1 aliphatic carbocycles. The summed E-state index contributed by atoms with van der Waals surface area (Å²) in [5, 5.41) is 3.25.